The van der Waals surface area contributed by atoms with Gasteiger partial charge in [0.25, 0.3) is 0 Å². The first-order valence-corrected chi connectivity index (χ1v) is 7.03. The summed E-state index contributed by atoms with van der Waals surface area (Å²) < 4.78 is 19.1. The molecular weight excluding hydrogens is 323 g/mol. The maximum absolute atomic E-state index is 13.1. The van der Waals surface area contributed by atoms with Crippen LogP contribution in [-0.4, -0.2) is 11.9 Å². The molecule has 0 aliphatic carbocycles. The summed E-state index contributed by atoms with van der Waals surface area (Å²) in [4.78, 5) is 12.4. The van der Waals surface area contributed by atoms with E-state index < -0.39 is 0 Å². The van der Waals surface area contributed by atoms with Crippen LogP contribution in [0.2, 0.25) is 0 Å². The minimum Gasteiger partial charge on any atom is -0.491 e. The van der Waals surface area contributed by atoms with Crippen molar-refractivity contribution in [2.45, 2.75) is 20.0 Å². The van der Waals surface area contributed by atoms with Crippen LogP contribution in [0.5, 0.6) is 5.75 Å². The Morgan fingerprint density at radius 2 is 1.95 bits per heavy atom. The summed E-state index contributed by atoms with van der Waals surface area (Å²) in [5.41, 5.74) is 0.934. The summed E-state index contributed by atoms with van der Waals surface area (Å²) in [5.74, 6) is 0.0838. The van der Waals surface area contributed by atoms with Crippen molar-refractivity contribution in [3.8, 4) is 5.75 Å². The number of ketones is 1. The summed E-state index contributed by atoms with van der Waals surface area (Å²) in [6.45, 7) is 3.84. The van der Waals surface area contributed by atoms with Crippen molar-refractivity contribution in [2.75, 3.05) is 0 Å². The molecule has 20 heavy (non-hydrogen) atoms. The fraction of sp³-hybridized carbons (Fsp3) is 0.188. The Labute approximate surface area is 125 Å². The van der Waals surface area contributed by atoms with Gasteiger partial charge in [-0.05, 0) is 60.1 Å². The van der Waals surface area contributed by atoms with Gasteiger partial charge in [0.1, 0.15) is 11.6 Å². The normalized spacial score (nSPS) is 10.7. The highest BCUT2D eigenvalue weighted by atomic mass is 79.9. The minimum absolute atomic E-state index is 0.0397. The van der Waals surface area contributed by atoms with Crippen molar-refractivity contribution < 1.29 is 13.9 Å². The van der Waals surface area contributed by atoms with Gasteiger partial charge in [0.05, 0.1) is 6.10 Å². The molecule has 0 amide bonds. The molecule has 104 valence electrons. The Bertz CT molecular complexity index is 638. The van der Waals surface area contributed by atoms with Crippen molar-refractivity contribution in [3.63, 3.8) is 0 Å². The molecule has 0 unspecified atom stereocenters. The molecule has 2 aromatic rings. The average Bonchev–Trinajstić information content (AvgIpc) is 2.37. The molecule has 0 radical (unpaired) electrons. The summed E-state index contributed by atoms with van der Waals surface area (Å²) in [6.07, 6.45) is 0.0397. The minimum atomic E-state index is -0.384. The number of hydrogen-bond acceptors (Lipinski definition) is 2. The zero-order valence-corrected chi connectivity index (χ0v) is 12.8. The van der Waals surface area contributed by atoms with Crippen LogP contribution in [0.1, 0.15) is 29.8 Å². The van der Waals surface area contributed by atoms with Crippen LogP contribution in [0, 0.1) is 5.82 Å². The molecule has 0 aliphatic rings. The van der Waals surface area contributed by atoms with Gasteiger partial charge in [0.15, 0.2) is 5.78 Å². The van der Waals surface area contributed by atoms with E-state index in [0.717, 1.165) is 0 Å². The van der Waals surface area contributed by atoms with Crippen LogP contribution in [0.25, 0.3) is 0 Å². The Hall–Kier alpha value is -1.68. The highest BCUT2D eigenvalue weighted by molar-refractivity contribution is 9.10. The Balaban J connectivity index is 2.33. The number of hydrogen-bond donors (Lipinski definition) is 0. The van der Waals surface area contributed by atoms with E-state index in [1.165, 1.54) is 18.2 Å². The van der Waals surface area contributed by atoms with Crippen LogP contribution in [0.15, 0.2) is 46.9 Å². The fourth-order valence-electron chi connectivity index (χ4n) is 1.81. The van der Waals surface area contributed by atoms with E-state index in [4.69, 9.17) is 4.74 Å². The number of rotatable bonds is 4. The van der Waals surface area contributed by atoms with Crippen molar-refractivity contribution >= 4 is 21.7 Å². The van der Waals surface area contributed by atoms with Gasteiger partial charge in [0.2, 0.25) is 0 Å². The number of halogens is 2. The zero-order chi connectivity index (χ0) is 14.7. The van der Waals surface area contributed by atoms with Crippen molar-refractivity contribution in [3.05, 3.63) is 63.9 Å². The lowest BCUT2D eigenvalue weighted by Gasteiger charge is -2.11. The highest BCUT2D eigenvalue weighted by Gasteiger charge is 2.14. The Kier molecular flexibility index (Phi) is 4.55. The van der Waals surface area contributed by atoms with E-state index in [-0.39, 0.29) is 17.7 Å². The van der Waals surface area contributed by atoms with E-state index in [1.807, 2.05) is 13.8 Å². The molecular formula is C16H14BrFO2. The summed E-state index contributed by atoms with van der Waals surface area (Å²) in [6, 6.07) is 11.0. The second-order valence-corrected chi connectivity index (χ2v) is 5.50. The fourth-order valence-corrected chi connectivity index (χ4v) is 2.34. The van der Waals surface area contributed by atoms with E-state index >= 15 is 0 Å². The van der Waals surface area contributed by atoms with Gasteiger partial charge in [-0.1, -0.05) is 12.1 Å². The van der Waals surface area contributed by atoms with Gasteiger partial charge < -0.3 is 4.74 Å². The maximum atomic E-state index is 13.1. The van der Waals surface area contributed by atoms with Crippen molar-refractivity contribution in [2.24, 2.45) is 0 Å². The smallest absolute Gasteiger partial charge is 0.194 e. The maximum Gasteiger partial charge on any atom is 0.194 e. The average molecular weight is 337 g/mol. The molecule has 0 saturated carbocycles. The quantitative estimate of drug-likeness (QED) is 0.762. The summed E-state index contributed by atoms with van der Waals surface area (Å²) in [7, 11) is 0. The van der Waals surface area contributed by atoms with E-state index in [2.05, 4.69) is 15.9 Å². The van der Waals surface area contributed by atoms with Gasteiger partial charge in [-0.25, -0.2) is 4.39 Å². The number of carbonyl (C=O) groups excluding carboxylic acids is 1. The van der Waals surface area contributed by atoms with Crippen LogP contribution >= 0.6 is 15.9 Å². The summed E-state index contributed by atoms with van der Waals surface area (Å²) in [5, 5.41) is 0. The molecule has 2 rings (SSSR count). The molecule has 2 aromatic carbocycles. The predicted octanol–water partition coefficient (Wildman–Crippen LogP) is 4.61. The van der Waals surface area contributed by atoms with Crippen LogP contribution in [0.3, 0.4) is 0 Å². The molecule has 0 N–H and O–H groups in total. The van der Waals surface area contributed by atoms with Gasteiger partial charge in [-0.3, -0.25) is 4.79 Å². The Morgan fingerprint density at radius 3 is 2.60 bits per heavy atom. The first kappa shape index (κ1) is 14.7. The zero-order valence-electron chi connectivity index (χ0n) is 11.2. The molecule has 0 bridgehead atoms. The van der Waals surface area contributed by atoms with Gasteiger partial charge in [-0.15, -0.1) is 0 Å². The molecule has 2 nitrogen and oxygen atoms in total. The molecule has 0 spiro atoms. The van der Waals surface area contributed by atoms with Gasteiger partial charge in [-0.2, -0.15) is 0 Å². The number of ether oxygens (including phenoxy) is 1. The highest BCUT2D eigenvalue weighted by Crippen LogP contribution is 2.23. The third kappa shape index (κ3) is 3.45. The van der Waals surface area contributed by atoms with E-state index in [1.54, 1.807) is 24.3 Å². The standard InChI is InChI=1S/C16H14BrFO2/c1-10(2)20-13-5-3-4-11(8-13)16(19)14-7-6-12(18)9-15(14)17/h3-10H,1-2H3. The second kappa shape index (κ2) is 6.18. The number of benzene rings is 2. The first-order chi connectivity index (χ1) is 9.47. The molecule has 4 heteroatoms. The topological polar surface area (TPSA) is 26.3 Å². The molecule has 0 saturated heterocycles. The van der Waals surface area contributed by atoms with Gasteiger partial charge in [0, 0.05) is 15.6 Å². The molecule has 0 heterocycles. The largest absolute Gasteiger partial charge is 0.491 e. The third-order valence-electron chi connectivity index (χ3n) is 2.64. The number of carbonyl (C=O) groups is 1. The molecule has 0 atom stereocenters. The first-order valence-electron chi connectivity index (χ1n) is 6.24. The van der Waals surface area contributed by atoms with E-state index in [0.29, 0.717) is 21.3 Å². The third-order valence-corrected chi connectivity index (χ3v) is 3.30. The lowest BCUT2D eigenvalue weighted by molar-refractivity contribution is 0.103. The van der Waals surface area contributed by atoms with E-state index in [9.17, 15) is 9.18 Å². The van der Waals surface area contributed by atoms with Crippen LogP contribution < -0.4 is 4.74 Å². The van der Waals surface area contributed by atoms with Crippen LogP contribution in [-0.2, 0) is 0 Å². The second-order valence-electron chi connectivity index (χ2n) is 4.65. The SMILES string of the molecule is CC(C)Oc1cccc(C(=O)c2ccc(F)cc2Br)c1. The monoisotopic (exact) mass is 336 g/mol. The van der Waals surface area contributed by atoms with Crippen LogP contribution in [0.4, 0.5) is 4.39 Å². The van der Waals surface area contributed by atoms with Crippen molar-refractivity contribution in [1.82, 2.24) is 0 Å². The Morgan fingerprint density at radius 1 is 1.20 bits per heavy atom. The van der Waals surface area contributed by atoms with Crippen molar-refractivity contribution in [1.29, 1.82) is 0 Å². The molecule has 0 aliphatic heterocycles. The molecule has 0 aromatic heterocycles. The van der Waals surface area contributed by atoms with Gasteiger partial charge >= 0.3 is 0 Å². The lowest BCUT2D eigenvalue weighted by Crippen LogP contribution is -2.07. The molecule has 0 fully saturated rings. The lowest BCUT2D eigenvalue weighted by atomic mass is 10.0. The summed E-state index contributed by atoms with van der Waals surface area (Å²) >= 11 is 3.21. The predicted molar refractivity (Wildman–Crippen MR) is 79.7 cm³/mol.